The Kier molecular flexibility index (Phi) is 3.56. The van der Waals surface area contributed by atoms with Crippen LogP contribution in [0.15, 0.2) is 18.2 Å². The lowest BCUT2D eigenvalue weighted by atomic mass is 10.2. The van der Waals surface area contributed by atoms with Gasteiger partial charge in [-0.2, -0.15) is 5.26 Å². The highest BCUT2D eigenvalue weighted by Gasteiger charge is 2.30. The quantitative estimate of drug-likeness (QED) is 0.786. The van der Waals surface area contributed by atoms with E-state index in [9.17, 15) is 4.79 Å². The molecule has 1 amide bonds. The molecule has 0 saturated carbocycles. The molecule has 1 saturated heterocycles. The zero-order chi connectivity index (χ0) is 12.4. The van der Waals surface area contributed by atoms with Gasteiger partial charge < -0.3 is 4.90 Å². The van der Waals surface area contributed by atoms with E-state index in [1.165, 1.54) is 6.07 Å². The van der Waals surface area contributed by atoms with Gasteiger partial charge in [-0.15, -0.1) is 0 Å². The molecule has 0 aliphatic carbocycles. The Bertz CT molecular complexity index is 496. The van der Waals surface area contributed by atoms with Gasteiger partial charge >= 0.3 is 0 Å². The summed E-state index contributed by atoms with van der Waals surface area (Å²) >= 11 is 11.8. The molecule has 0 N–H and O–H groups in total. The van der Waals surface area contributed by atoms with E-state index in [4.69, 9.17) is 28.5 Å². The van der Waals surface area contributed by atoms with E-state index in [2.05, 4.69) is 6.07 Å². The van der Waals surface area contributed by atoms with E-state index in [0.29, 0.717) is 22.2 Å². The van der Waals surface area contributed by atoms with Crippen LogP contribution in [0.1, 0.15) is 23.2 Å². The van der Waals surface area contributed by atoms with Crippen molar-refractivity contribution in [3.8, 4) is 6.07 Å². The number of nitriles is 1. The lowest BCUT2D eigenvalue weighted by Crippen LogP contribution is -2.34. The summed E-state index contributed by atoms with van der Waals surface area (Å²) in [6, 6.07) is 6.55. The number of carbonyl (C=O) groups is 1. The van der Waals surface area contributed by atoms with E-state index >= 15 is 0 Å². The Morgan fingerprint density at radius 1 is 1.47 bits per heavy atom. The van der Waals surface area contributed by atoms with Gasteiger partial charge in [0.2, 0.25) is 0 Å². The zero-order valence-corrected chi connectivity index (χ0v) is 10.5. The minimum Gasteiger partial charge on any atom is -0.323 e. The molecule has 1 aliphatic rings. The molecule has 1 unspecified atom stereocenters. The number of carbonyl (C=O) groups excluding carboxylic acids is 1. The summed E-state index contributed by atoms with van der Waals surface area (Å²) < 4.78 is 0. The van der Waals surface area contributed by atoms with Crippen molar-refractivity contribution < 1.29 is 4.79 Å². The van der Waals surface area contributed by atoms with Gasteiger partial charge in [0.05, 0.1) is 16.7 Å². The third-order valence-electron chi connectivity index (χ3n) is 2.82. The predicted molar refractivity (Wildman–Crippen MR) is 66.1 cm³/mol. The first-order valence-electron chi connectivity index (χ1n) is 5.29. The number of benzene rings is 1. The summed E-state index contributed by atoms with van der Waals surface area (Å²) in [4.78, 5) is 13.8. The number of hydrogen-bond acceptors (Lipinski definition) is 2. The van der Waals surface area contributed by atoms with Crippen molar-refractivity contribution in [2.45, 2.75) is 18.9 Å². The Labute approximate surface area is 110 Å². The fourth-order valence-electron chi connectivity index (χ4n) is 1.96. The minimum absolute atomic E-state index is 0.198. The maximum Gasteiger partial charge on any atom is 0.256 e. The van der Waals surface area contributed by atoms with Crippen molar-refractivity contribution in [2.24, 2.45) is 0 Å². The molecule has 0 radical (unpaired) electrons. The van der Waals surface area contributed by atoms with Crippen molar-refractivity contribution in [2.75, 3.05) is 6.54 Å². The topological polar surface area (TPSA) is 44.1 Å². The predicted octanol–water partition coefficient (Wildman–Crippen LogP) is 3.12. The van der Waals surface area contributed by atoms with Gasteiger partial charge in [0, 0.05) is 11.6 Å². The summed E-state index contributed by atoms with van der Waals surface area (Å²) in [5, 5.41) is 9.76. The van der Waals surface area contributed by atoms with E-state index in [-0.39, 0.29) is 11.9 Å². The molecule has 1 heterocycles. The van der Waals surface area contributed by atoms with Gasteiger partial charge in [-0.05, 0) is 31.0 Å². The first kappa shape index (κ1) is 12.2. The van der Waals surface area contributed by atoms with Crippen LogP contribution in [0.25, 0.3) is 0 Å². The summed E-state index contributed by atoms with van der Waals surface area (Å²) in [6.45, 7) is 0.607. The second-order valence-corrected chi connectivity index (χ2v) is 4.75. The standard InChI is InChI=1S/C12H10Cl2N2O/c13-8-3-4-10(11(14)6-8)12(17)16-5-1-2-9(16)7-15/h3-4,6,9H,1-2,5H2. The second kappa shape index (κ2) is 4.95. The average Bonchev–Trinajstić information content (AvgIpc) is 2.76. The third-order valence-corrected chi connectivity index (χ3v) is 3.37. The maximum absolute atomic E-state index is 12.2. The Hall–Kier alpha value is -1.24. The fraction of sp³-hybridized carbons (Fsp3) is 0.333. The van der Waals surface area contributed by atoms with Crippen LogP contribution in [0.5, 0.6) is 0 Å². The lowest BCUT2D eigenvalue weighted by Gasteiger charge is -2.20. The number of rotatable bonds is 1. The number of likely N-dealkylation sites (tertiary alicyclic amines) is 1. The molecular formula is C12H10Cl2N2O. The molecular weight excluding hydrogens is 259 g/mol. The van der Waals surface area contributed by atoms with Crippen molar-refractivity contribution in [1.29, 1.82) is 5.26 Å². The van der Waals surface area contributed by atoms with Crippen LogP contribution in [-0.4, -0.2) is 23.4 Å². The van der Waals surface area contributed by atoms with Crippen LogP contribution in [-0.2, 0) is 0 Å². The molecule has 1 aliphatic heterocycles. The Morgan fingerprint density at radius 2 is 2.24 bits per heavy atom. The minimum atomic E-state index is -0.339. The summed E-state index contributed by atoms with van der Waals surface area (Å²) in [7, 11) is 0. The number of nitrogens with zero attached hydrogens (tertiary/aromatic N) is 2. The number of hydrogen-bond donors (Lipinski definition) is 0. The van der Waals surface area contributed by atoms with Crippen molar-refractivity contribution >= 4 is 29.1 Å². The van der Waals surface area contributed by atoms with Crippen LogP contribution in [0.3, 0.4) is 0 Å². The highest BCUT2D eigenvalue weighted by molar-refractivity contribution is 6.36. The molecule has 2 rings (SSSR count). The molecule has 0 aromatic heterocycles. The van der Waals surface area contributed by atoms with E-state index in [1.807, 2.05) is 0 Å². The van der Waals surface area contributed by atoms with E-state index < -0.39 is 0 Å². The fourth-order valence-corrected chi connectivity index (χ4v) is 2.45. The van der Waals surface area contributed by atoms with Crippen LogP contribution in [0.2, 0.25) is 10.0 Å². The molecule has 0 bridgehead atoms. The second-order valence-electron chi connectivity index (χ2n) is 3.91. The smallest absolute Gasteiger partial charge is 0.256 e. The third kappa shape index (κ3) is 2.38. The van der Waals surface area contributed by atoms with Crippen LogP contribution in [0, 0.1) is 11.3 Å². The van der Waals surface area contributed by atoms with Crippen molar-refractivity contribution in [3.05, 3.63) is 33.8 Å². The summed E-state index contributed by atoms with van der Waals surface area (Å²) in [5.41, 5.74) is 0.401. The van der Waals surface area contributed by atoms with Crippen LogP contribution < -0.4 is 0 Å². The monoisotopic (exact) mass is 268 g/mol. The normalized spacial score (nSPS) is 19.1. The van der Waals surface area contributed by atoms with Gasteiger partial charge in [-0.3, -0.25) is 4.79 Å². The maximum atomic E-state index is 12.2. The molecule has 0 spiro atoms. The van der Waals surface area contributed by atoms with Gasteiger partial charge in [0.1, 0.15) is 6.04 Å². The SMILES string of the molecule is N#CC1CCCN1C(=O)c1ccc(Cl)cc1Cl. The van der Waals surface area contributed by atoms with Crippen molar-refractivity contribution in [1.82, 2.24) is 4.90 Å². The largest absolute Gasteiger partial charge is 0.323 e. The first-order chi connectivity index (χ1) is 8.13. The summed E-state index contributed by atoms with van der Waals surface area (Å²) in [5.74, 6) is -0.198. The van der Waals surface area contributed by atoms with Crippen LogP contribution in [0.4, 0.5) is 0 Å². The zero-order valence-electron chi connectivity index (χ0n) is 8.99. The molecule has 17 heavy (non-hydrogen) atoms. The molecule has 1 fully saturated rings. The molecule has 5 heteroatoms. The number of amides is 1. The van der Waals surface area contributed by atoms with E-state index in [0.717, 1.165) is 12.8 Å². The summed E-state index contributed by atoms with van der Waals surface area (Å²) in [6.07, 6.45) is 1.59. The molecule has 1 aromatic rings. The average molecular weight is 269 g/mol. The Balaban J connectivity index is 2.28. The van der Waals surface area contributed by atoms with E-state index in [1.54, 1.807) is 17.0 Å². The highest BCUT2D eigenvalue weighted by Crippen LogP contribution is 2.25. The van der Waals surface area contributed by atoms with Crippen molar-refractivity contribution in [3.63, 3.8) is 0 Å². The molecule has 3 nitrogen and oxygen atoms in total. The Morgan fingerprint density at radius 3 is 2.88 bits per heavy atom. The first-order valence-corrected chi connectivity index (χ1v) is 6.04. The molecule has 1 aromatic carbocycles. The van der Waals surface area contributed by atoms with Gasteiger partial charge in [-0.1, -0.05) is 23.2 Å². The molecule has 1 atom stereocenters. The van der Waals surface area contributed by atoms with Gasteiger partial charge in [-0.25, -0.2) is 0 Å². The van der Waals surface area contributed by atoms with Gasteiger partial charge in [0.25, 0.3) is 5.91 Å². The van der Waals surface area contributed by atoms with Gasteiger partial charge in [0.15, 0.2) is 0 Å². The van der Waals surface area contributed by atoms with Crippen LogP contribution >= 0.6 is 23.2 Å². The highest BCUT2D eigenvalue weighted by atomic mass is 35.5. The molecule has 88 valence electrons. The lowest BCUT2D eigenvalue weighted by molar-refractivity contribution is 0.0765. The number of halogens is 2.